The first kappa shape index (κ1) is 16.5. The summed E-state index contributed by atoms with van der Waals surface area (Å²) in [7, 11) is 0. The first-order valence-corrected chi connectivity index (χ1v) is 8.75. The maximum atomic E-state index is 10.7. The Kier molecular flexibility index (Phi) is 4.50. The topological polar surface area (TPSA) is 64.2 Å². The van der Waals surface area contributed by atoms with Crippen LogP contribution >= 0.6 is 0 Å². The molecule has 0 atom stereocenters. The van der Waals surface area contributed by atoms with Gasteiger partial charge in [0.25, 0.3) is 5.69 Å². The van der Waals surface area contributed by atoms with E-state index in [0.717, 1.165) is 43.7 Å². The maximum Gasteiger partial charge on any atom is 0.269 e. The predicted octanol–water partition coefficient (Wildman–Crippen LogP) is 3.38. The van der Waals surface area contributed by atoms with E-state index in [-0.39, 0.29) is 10.6 Å². The smallest absolute Gasteiger partial charge is 0.269 e. The molecule has 0 bridgehead atoms. The van der Waals surface area contributed by atoms with Gasteiger partial charge in [-0.3, -0.25) is 15.0 Å². The molecule has 4 rings (SSSR count). The predicted molar refractivity (Wildman–Crippen MR) is 99.3 cm³/mol. The van der Waals surface area contributed by atoms with Gasteiger partial charge < -0.3 is 4.57 Å². The Morgan fingerprint density at radius 2 is 1.96 bits per heavy atom. The molecule has 6 nitrogen and oxygen atoms in total. The molecule has 3 aromatic rings. The second-order valence-corrected chi connectivity index (χ2v) is 6.62. The van der Waals surface area contributed by atoms with Gasteiger partial charge in [0, 0.05) is 49.8 Å². The normalized spacial score (nSPS) is 14.2. The average Bonchev–Trinajstić information content (AvgIpc) is 3.21. The zero-order valence-corrected chi connectivity index (χ0v) is 14.4. The highest BCUT2D eigenvalue weighted by Crippen LogP contribution is 2.22. The van der Waals surface area contributed by atoms with Crippen LogP contribution in [0, 0.1) is 10.1 Å². The van der Waals surface area contributed by atoms with Crippen LogP contribution in [0.15, 0.2) is 61.2 Å². The van der Waals surface area contributed by atoms with Crippen LogP contribution in [0.5, 0.6) is 0 Å². The summed E-state index contributed by atoms with van der Waals surface area (Å²) >= 11 is 0. The van der Waals surface area contributed by atoms with Crippen LogP contribution in [0.1, 0.15) is 16.7 Å². The van der Waals surface area contributed by atoms with Gasteiger partial charge in [-0.2, -0.15) is 0 Å². The van der Waals surface area contributed by atoms with E-state index < -0.39 is 0 Å². The summed E-state index contributed by atoms with van der Waals surface area (Å²) in [5.74, 6) is 0. The number of benzene rings is 2. The summed E-state index contributed by atoms with van der Waals surface area (Å²) in [4.78, 5) is 16.9. The monoisotopic (exact) mass is 348 g/mol. The van der Waals surface area contributed by atoms with E-state index in [2.05, 4.69) is 28.1 Å². The molecule has 6 heteroatoms. The Labute approximate surface area is 151 Å². The highest BCUT2D eigenvalue weighted by atomic mass is 16.6. The fraction of sp³-hybridized carbons (Fsp3) is 0.250. The number of rotatable bonds is 5. The van der Waals surface area contributed by atoms with Crippen LogP contribution in [-0.4, -0.2) is 32.5 Å². The van der Waals surface area contributed by atoms with Gasteiger partial charge in [0.15, 0.2) is 0 Å². The molecule has 1 aliphatic heterocycles. The Balaban J connectivity index is 1.38. The van der Waals surface area contributed by atoms with Crippen LogP contribution in [-0.2, 0) is 19.4 Å². The van der Waals surface area contributed by atoms with E-state index in [1.54, 1.807) is 18.3 Å². The van der Waals surface area contributed by atoms with Crippen molar-refractivity contribution in [3.05, 3.63) is 88.0 Å². The van der Waals surface area contributed by atoms with Crippen LogP contribution in [0.2, 0.25) is 0 Å². The van der Waals surface area contributed by atoms with Crippen molar-refractivity contribution < 1.29 is 4.92 Å². The van der Waals surface area contributed by atoms with Crippen molar-refractivity contribution in [1.29, 1.82) is 0 Å². The van der Waals surface area contributed by atoms with Crippen molar-refractivity contribution in [2.75, 3.05) is 13.1 Å². The minimum Gasteiger partial charge on any atom is -0.306 e. The van der Waals surface area contributed by atoms with Crippen LogP contribution in [0.4, 0.5) is 5.69 Å². The highest BCUT2D eigenvalue weighted by Gasteiger charge is 2.16. The molecule has 0 spiro atoms. The van der Waals surface area contributed by atoms with E-state index >= 15 is 0 Å². The number of nitro benzene ring substituents is 1. The second-order valence-electron chi connectivity index (χ2n) is 6.62. The number of fused-ring (bicyclic) bond motifs is 1. The van der Waals surface area contributed by atoms with E-state index in [9.17, 15) is 10.1 Å². The zero-order valence-electron chi connectivity index (χ0n) is 14.4. The molecular weight excluding hydrogens is 328 g/mol. The number of hydrogen-bond donors (Lipinski definition) is 0. The fourth-order valence-electron chi connectivity index (χ4n) is 3.43. The lowest BCUT2D eigenvalue weighted by Gasteiger charge is -2.29. The first-order chi connectivity index (χ1) is 12.7. The standard InChI is InChI=1S/C20H20N4O2/c25-24(26)19-4-1-16(2-5-19)7-10-22-11-8-17-13-20(6-3-18(17)14-22)23-12-9-21-15-23/h1-6,9,12-13,15H,7-8,10-11,14H2. The van der Waals surface area contributed by atoms with E-state index in [1.807, 2.05) is 29.2 Å². The lowest BCUT2D eigenvalue weighted by atomic mass is 9.98. The lowest BCUT2D eigenvalue weighted by Crippen LogP contribution is -2.32. The molecular formula is C20H20N4O2. The molecule has 0 amide bonds. The SMILES string of the molecule is O=[N+]([O-])c1ccc(CCN2CCc3cc(-n4ccnc4)ccc3C2)cc1. The summed E-state index contributed by atoms with van der Waals surface area (Å²) in [6, 6.07) is 13.5. The third kappa shape index (κ3) is 3.50. The molecule has 0 saturated carbocycles. The van der Waals surface area contributed by atoms with Crippen molar-refractivity contribution in [1.82, 2.24) is 14.5 Å². The first-order valence-electron chi connectivity index (χ1n) is 8.75. The number of nitrogens with zero attached hydrogens (tertiary/aromatic N) is 4. The third-order valence-electron chi connectivity index (χ3n) is 4.95. The lowest BCUT2D eigenvalue weighted by molar-refractivity contribution is -0.384. The number of hydrogen-bond acceptors (Lipinski definition) is 4. The van der Waals surface area contributed by atoms with Gasteiger partial charge in [-0.15, -0.1) is 0 Å². The van der Waals surface area contributed by atoms with Gasteiger partial charge >= 0.3 is 0 Å². The van der Waals surface area contributed by atoms with Gasteiger partial charge in [0.2, 0.25) is 0 Å². The number of non-ortho nitro benzene ring substituents is 1. The Bertz CT molecular complexity index is 904. The largest absolute Gasteiger partial charge is 0.306 e. The highest BCUT2D eigenvalue weighted by molar-refractivity contribution is 5.42. The van der Waals surface area contributed by atoms with Gasteiger partial charge in [-0.25, -0.2) is 4.98 Å². The number of nitro groups is 1. The van der Waals surface area contributed by atoms with Gasteiger partial charge in [-0.1, -0.05) is 18.2 Å². The minimum atomic E-state index is -0.358. The molecule has 132 valence electrons. The summed E-state index contributed by atoms with van der Waals surface area (Å²) in [5, 5.41) is 10.7. The quantitative estimate of drug-likeness (QED) is 0.524. The number of aromatic nitrogens is 2. The van der Waals surface area contributed by atoms with Gasteiger partial charge in [0.1, 0.15) is 0 Å². The molecule has 26 heavy (non-hydrogen) atoms. The maximum absolute atomic E-state index is 10.7. The molecule has 2 heterocycles. The summed E-state index contributed by atoms with van der Waals surface area (Å²) < 4.78 is 2.03. The fourth-order valence-corrected chi connectivity index (χ4v) is 3.43. The van der Waals surface area contributed by atoms with Gasteiger partial charge in [0.05, 0.1) is 11.3 Å². The second kappa shape index (κ2) is 7.09. The summed E-state index contributed by atoms with van der Waals surface area (Å²) in [6.07, 6.45) is 7.51. The molecule has 0 N–H and O–H groups in total. The van der Waals surface area contributed by atoms with E-state index in [4.69, 9.17) is 0 Å². The van der Waals surface area contributed by atoms with E-state index in [1.165, 1.54) is 11.1 Å². The van der Waals surface area contributed by atoms with Crippen LogP contribution in [0.25, 0.3) is 5.69 Å². The average molecular weight is 348 g/mol. The van der Waals surface area contributed by atoms with E-state index in [0.29, 0.717) is 0 Å². The van der Waals surface area contributed by atoms with Crippen molar-refractivity contribution in [3.8, 4) is 5.69 Å². The molecule has 1 aliphatic rings. The van der Waals surface area contributed by atoms with Crippen molar-refractivity contribution in [2.24, 2.45) is 0 Å². The Morgan fingerprint density at radius 3 is 2.69 bits per heavy atom. The van der Waals surface area contributed by atoms with Crippen molar-refractivity contribution in [2.45, 2.75) is 19.4 Å². The summed E-state index contributed by atoms with van der Waals surface area (Å²) in [6.45, 7) is 2.94. The molecule has 0 radical (unpaired) electrons. The van der Waals surface area contributed by atoms with Crippen LogP contribution in [0.3, 0.4) is 0 Å². The van der Waals surface area contributed by atoms with Crippen LogP contribution < -0.4 is 0 Å². The minimum absolute atomic E-state index is 0.148. The van der Waals surface area contributed by atoms with Crippen molar-refractivity contribution >= 4 is 5.69 Å². The Hall–Kier alpha value is -2.99. The zero-order chi connectivity index (χ0) is 17.9. The molecule has 0 unspecified atom stereocenters. The number of imidazole rings is 1. The molecule has 2 aromatic carbocycles. The molecule has 0 fully saturated rings. The molecule has 0 saturated heterocycles. The molecule has 0 aliphatic carbocycles. The summed E-state index contributed by atoms with van der Waals surface area (Å²) in [5.41, 5.74) is 5.22. The van der Waals surface area contributed by atoms with Gasteiger partial charge in [-0.05, 0) is 41.7 Å². The Morgan fingerprint density at radius 1 is 1.12 bits per heavy atom. The molecule has 1 aromatic heterocycles. The third-order valence-corrected chi connectivity index (χ3v) is 4.95. The van der Waals surface area contributed by atoms with Crippen molar-refractivity contribution in [3.63, 3.8) is 0 Å².